The topological polar surface area (TPSA) is 58.4 Å². The van der Waals surface area contributed by atoms with Crippen LogP contribution >= 0.6 is 0 Å². The molecule has 2 rings (SSSR count). The molecule has 0 bridgehead atoms. The number of nitrogens with one attached hydrogen (secondary N) is 1. The zero-order chi connectivity index (χ0) is 11.7. The summed E-state index contributed by atoms with van der Waals surface area (Å²) in [6, 6.07) is 0.125. The van der Waals surface area contributed by atoms with Crippen molar-refractivity contribution in [2.45, 2.75) is 39.8 Å². The highest BCUT2D eigenvalue weighted by atomic mass is 16.5. The van der Waals surface area contributed by atoms with Crippen molar-refractivity contribution in [3.05, 3.63) is 17.0 Å². The normalized spacial score (nSPS) is 15.1. The second-order valence-corrected chi connectivity index (χ2v) is 4.45. The molecule has 1 N–H and O–H groups in total. The number of hydrogen-bond acceptors (Lipinski definition) is 3. The lowest BCUT2D eigenvalue weighted by Crippen LogP contribution is -2.44. The van der Waals surface area contributed by atoms with E-state index in [2.05, 4.69) is 10.5 Å². The molecule has 2 heterocycles. The molecule has 5 heteroatoms. The predicted molar refractivity (Wildman–Crippen MR) is 59.0 cm³/mol. The Morgan fingerprint density at radius 1 is 1.56 bits per heavy atom. The molecule has 0 unspecified atom stereocenters. The van der Waals surface area contributed by atoms with Gasteiger partial charge in [-0.1, -0.05) is 5.16 Å². The van der Waals surface area contributed by atoms with Crippen molar-refractivity contribution in [1.82, 2.24) is 15.4 Å². The van der Waals surface area contributed by atoms with E-state index in [-0.39, 0.29) is 12.1 Å². The fourth-order valence-electron chi connectivity index (χ4n) is 1.89. The summed E-state index contributed by atoms with van der Waals surface area (Å²) >= 11 is 0. The lowest BCUT2D eigenvalue weighted by Gasteiger charge is -2.26. The molecule has 5 nitrogen and oxygen atoms in total. The fourth-order valence-corrected chi connectivity index (χ4v) is 1.89. The van der Waals surface area contributed by atoms with Crippen LogP contribution in [0.2, 0.25) is 0 Å². The highest BCUT2D eigenvalue weighted by Gasteiger charge is 2.25. The second kappa shape index (κ2) is 4.15. The Bertz CT molecular complexity index is 398. The van der Waals surface area contributed by atoms with Crippen LogP contribution in [0, 0.1) is 6.92 Å². The van der Waals surface area contributed by atoms with E-state index in [1.165, 1.54) is 0 Å². The maximum absolute atomic E-state index is 11.8. The number of fused-ring (bicyclic) bond motifs is 1. The van der Waals surface area contributed by atoms with Crippen molar-refractivity contribution in [2.75, 3.05) is 6.54 Å². The molecule has 1 aromatic heterocycles. The standard InChI is InChI=1S/C11H17N3O2/c1-7(2)12-11(15)14-5-4-9-8(3)13-16-10(9)6-14/h7H,4-6H2,1-3H3,(H,12,15). The summed E-state index contributed by atoms with van der Waals surface area (Å²) in [7, 11) is 0. The van der Waals surface area contributed by atoms with Gasteiger partial charge in [0.2, 0.25) is 0 Å². The van der Waals surface area contributed by atoms with Gasteiger partial charge in [0.15, 0.2) is 5.76 Å². The molecule has 88 valence electrons. The molecule has 0 radical (unpaired) electrons. The van der Waals surface area contributed by atoms with Gasteiger partial charge in [-0.2, -0.15) is 0 Å². The third kappa shape index (κ3) is 2.03. The summed E-state index contributed by atoms with van der Waals surface area (Å²) in [5.41, 5.74) is 2.10. The van der Waals surface area contributed by atoms with Crippen LogP contribution in [0.25, 0.3) is 0 Å². The lowest BCUT2D eigenvalue weighted by molar-refractivity contribution is 0.181. The minimum Gasteiger partial charge on any atom is -0.359 e. The fraction of sp³-hybridized carbons (Fsp3) is 0.636. The van der Waals surface area contributed by atoms with E-state index in [0.29, 0.717) is 6.54 Å². The number of carbonyl (C=O) groups excluding carboxylic acids is 1. The first-order valence-electron chi connectivity index (χ1n) is 5.57. The third-order valence-corrected chi connectivity index (χ3v) is 2.73. The maximum Gasteiger partial charge on any atom is 0.318 e. The van der Waals surface area contributed by atoms with E-state index in [1.54, 1.807) is 4.90 Å². The van der Waals surface area contributed by atoms with Crippen molar-refractivity contribution >= 4 is 6.03 Å². The Kier molecular flexibility index (Phi) is 2.85. The first kappa shape index (κ1) is 11.0. The van der Waals surface area contributed by atoms with Gasteiger partial charge >= 0.3 is 6.03 Å². The van der Waals surface area contributed by atoms with Crippen molar-refractivity contribution in [3.63, 3.8) is 0 Å². The molecule has 0 atom stereocenters. The van der Waals surface area contributed by atoms with Crippen LogP contribution < -0.4 is 5.32 Å². The first-order valence-corrected chi connectivity index (χ1v) is 5.57. The van der Waals surface area contributed by atoms with Gasteiger partial charge in [-0.05, 0) is 27.2 Å². The molecule has 1 aliphatic rings. The van der Waals surface area contributed by atoms with Crippen LogP contribution in [-0.2, 0) is 13.0 Å². The number of aryl methyl sites for hydroxylation is 1. The van der Waals surface area contributed by atoms with Gasteiger partial charge in [0, 0.05) is 18.2 Å². The summed E-state index contributed by atoms with van der Waals surface area (Å²) in [5.74, 6) is 0.822. The molecule has 0 aromatic carbocycles. The van der Waals surface area contributed by atoms with Crippen LogP contribution in [0.4, 0.5) is 4.79 Å². The van der Waals surface area contributed by atoms with Crippen molar-refractivity contribution in [1.29, 1.82) is 0 Å². The van der Waals surface area contributed by atoms with Gasteiger partial charge < -0.3 is 14.7 Å². The molecule has 2 amide bonds. The van der Waals surface area contributed by atoms with Gasteiger partial charge in [0.25, 0.3) is 0 Å². The Morgan fingerprint density at radius 2 is 2.31 bits per heavy atom. The minimum absolute atomic E-state index is 0.0327. The van der Waals surface area contributed by atoms with E-state index in [0.717, 1.165) is 30.0 Å². The molecule has 0 saturated heterocycles. The quantitative estimate of drug-likeness (QED) is 0.784. The van der Waals surface area contributed by atoms with Gasteiger partial charge in [-0.3, -0.25) is 0 Å². The number of carbonyl (C=O) groups is 1. The average Bonchev–Trinajstić information content (AvgIpc) is 2.59. The molecule has 16 heavy (non-hydrogen) atoms. The second-order valence-electron chi connectivity index (χ2n) is 4.45. The van der Waals surface area contributed by atoms with Crippen LogP contribution in [0.15, 0.2) is 4.52 Å². The molecule has 0 fully saturated rings. The van der Waals surface area contributed by atoms with Gasteiger partial charge in [0.1, 0.15) is 0 Å². The largest absolute Gasteiger partial charge is 0.359 e. The van der Waals surface area contributed by atoms with Crippen molar-refractivity contribution in [3.8, 4) is 0 Å². The maximum atomic E-state index is 11.8. The number of aromatic nitrogens is 1. The van der Waals surface area contributed by atoms with E-state index < -0.39 is 0 Å². The zero-order valence-corrected chi connectivity index (χ0v) is 9.91. The summed E-state index contributed by atoms with van der Waals surface area (Å²) in [6.45, 7) is 7.09. The first-order chi connectivity index (χ1) is 7.58. The SMILES string of the molecule is Cc1noc2c1CCN(C(=O)NC(C)C)C2. The van der Waals surface area contributed by atoms with Crippen LogP contribution in [0.3, 0.4) is 0 Å². The third-order valence-electron chi connectivity index (χ3n) is 2.73. The number of rotatable bonds is 1. The predicted octanol–water partition coefficient (Wildman–Crippen LogP) is 1.46. The molecule has 0 saturated carbocycles. The monoisotopic (exact) mass is 223 g/mol. The molecule has 0 aliphatic carbocycles. The van der Waals surface area contributed by atoms with E-state index in [4.69, 9.17) is 4.52 Å². The van der Waals surface area contributed by atoms with Crippen LogP contribution in [0.5, 0.6) is 0 Å². The van der Waals surface area contributed by atoms with Crippen LogP contribution in [0.1, 0.15) is 30.9 Å². The smallest absolute Gasteiger partial charge is 0.318 e. The number of hydrogen-bond donors (Lipinski definition) is 1. The molecular formula is C11H17N3O2. The molecular weight excluding hydrogens is 206 g/mol. The van der Waals surface area contributed by atoms with Gasteiger partial charge in [0.05, 0.1) is 12.2 Å². The Labute approximate surface area is 94.8 Å². The zero-order valence-electron chi connectivity index (χ0n) is 9.91. The Hall–Kier alpha value is -1.52. The van der Waals surface area contributed by atoms with Crippen molar-refractivity contribution in [2.24, 2.45) is 0 Å². The summed E-state index contributed by atoms with van der Waals surface area (Å²) < 4.78 is 5.20. The minimum atomic E-state index is -0.0327. The van der Waals surface area contributed by atoms with Crippen LogP contribution in [-0.4, -0.2) is 28.7 Å². The Morgan fingerprint density at radius 3 is 3.00 bits per heavy atom. The van der Waals surface area contributed by atoms with E-state index >= 15 is 0 Å². The Balaban J connectivity index is 2.05. The summed E-state index contributed by atoms with van der Waals surface area (Å²) in [4.78, 5) is 13.5. The lowest BCUT2D eigenvalue weighted by atomic mass is 10.1. The number of nitrogens with zero attached hydrogens (tertiary/aromatic N) is 2. The highest BCUT2D eigenvalue weighted by molar-refractivity contribution is 5.74. The summed E-state index contributed by atoms with van der Waals surface area (Å²) in [5, 5.41) is 6.79. The van der Waals surface area contributed by atoms with E-state index in [9.17, 15) is 4.79 Å². The molecule has 0 spiro atoms. The summed E-state index contributed by atoms with van der Waals surface area (Å²) in [6.07, 6.45) is 0.830. The molecule has 1 aromatic rings. The van der Waals surface area contributed by atoms with Crippen molar-refractivity contribution < 1.29 is 9.32 Å². The van der Waals surface area contributed by atoms with Gasteiger partial charge in [-0.15, -0.1) is 0 Å². The van der Waals surface area contributed by atoms with Gasteiger partial charge in [-0.25, -0.2) is 4.79 Å². The molecule has 1 aliphatic heterocycles. The van der Waals surface area contributed by atoms with E-state index in [1.807, 2.05) is 20.8 Å². The number of amides is 2. The average molecular weight is 223 g/mol. The highest BCUT2D eigenvalue weighted by Crippen LogP contribution is 2.21. The number of urea groups is 1.